The highest BCUT2D eigenvalue weighted by molar-refractivity contribution is 7.80. The molecule has 3 nitrogen and oxygen atoms in total. The maximum absolute atomic E-state index is 11.8. The molecule has 3 N–H and O–H groups in total. The van der Waals surface area contributed by atoms with Gasteiger partial charge in [0.2, 0.25) is 5.91 Å². The summed E-state index contributed by atoms with van der Waals surface area (Å²) in [4.78, 5) is 12.2. The van der Waals surface area contributed by atoms with E-state index in [2.05, 4.69) is 12.2 Å². The summed E-state index contributed by atoms with van der Waals surface area (Å²) < 4.78 is 0. The molecule has 14 heavy (non-hydrogen) atoms. The van der Waals surface area contributed by atoms with Crippen molar-refractivity contribution in [1.29, 1.82) is 0 Å². The Kier molecular flexibility index (Phi) is 2.26. The molecule has 0 saturated heterocycles. The second-order valence-corrected chi connectivity index (χ2v) is 4.87. The molecule has 0 bridgehead atoms. The number of rotatable bonds is 4. The highest BCUT2D eigenvalue weighted by atomic mass is 32.1. The van der Waals surface area contributed by atoms with E-state index >= 15 is 0 Å². The molecular formula is C10H16N2OS. The molecule has 1 amide bonds. The lowest BCUT2D eigenvalue weighted by atomic mass is 10.1. The van der Waals surface area contributed by atoms with Gasteiger partial charge in [-0.1, -0.05) is 25.6 Å². The van der Waals surface area contributed by atoms with Crippen LogP contribution in [0, 0.1) is 11.3 Å². The zero-order valence-corrected chi connectivity index (χ0v) is 9.19. The van der Waals surface area contributed by atoms with Gasteiger partial charge in [0.1, 0.15) is 0 Å². The van der Waals surface area contributed by atoms with E-state index < -0.39 is 5.41 Å². The number of nitrogens with one attached hydrogen (secondary N) is 1. The van der Waals surface area contributed by atoms with Gasteiger partial charge in [0.05, 0.1) is 10.4 Å². The van der Waals surface area contributed by atoms with Gasteiger partial charge in [-0.2, -0.15) is 0 Å². The van der Waals surface area contributed by atoms with Gasteiger partial charge in [0.15, 0.2) is 0 Å². The van der Waals surface area contributed by atoms with Crippen molar-refractivity contribution < 1.29 is 4.79 Å². The molecule has 0 aromatic rings. The van der Waals surface area contributed by atoms with Crippen LogP contribution in [0.25, 0.3) is 0 Å². The minimum atomic E-state index is -0.476. The van der Waals surface area contributed by atoms with Gasteiger partial charge in [-0.15, -0.1) is 0 Å². The number of hydrogen-bond donors (Lipinski definition) is 2. The SMILES string of the molecule is CCC1CC1NC(=O)C1(C(N)=S)CC1. The van der Waals surface area contributed by atoms with E-state index in [4.69, 9.17) is 18.0 Å². The predicted octanol–water partition coefficient (Wildman–Crippen LogP) is 0.967. The molecule has 0 radical (unpaired) electrons. The lowest BCUT2D eigenvalue weighted by Gasteiger charge is -2.13. The summed E-state index contributed by atoms with van der Waals surface area (Å²) in [6.07, 6.45) is 3.93. The molecule has 0 heterocycles. The third kappa shape index (κ3) is 1.52. The van der Waals surface area contributed by atoms with Crippen molar-refractivity contribution in [2.24, 2.45) is 17.1 Å². The maximum Gasteiger partial charge on any atom is 0.233 e. The Morgan fingerprint density at radius 1 is 1.64 bits per heavy atom. The lowest BCUT2D eigenvalue weighted by molar-refractivity contribution is -0.124. The van der Waals surface area contributed by atoms with Gasteiger partial charge < -0.3 is 11.1 Å². The van der Waals surface area contributed by atoms with Crippen molar-refractivity contribution in [3.05, 3.63) is 0 Å². The van der Waals surface area contributed by atoms with Crippen LogP contribution in [0.2, 0.25) is 0 Å². The van der Waals surface area contributed by atoms with E-state index in [0.29, 0.717) is 16.9 Å². The summed E-state index contributed by atoms with van der Waals surface area (Å²) in [6, 6.07) is 0.388. The fraction of sp³-hybridized carbons (Fsp3) is 0.800. The third-order valence-corrected chi connectivity index (χ3v) is 3.81. The smallest absolute Gasteiger partial charge is 0.233 e. The molecule has 2 fully saturated rings. The molecule has 2 unspecified atom stereocenters. The first-order chi connectivity index (χ1) is 6.60. The molecule has 78 valence electrons. The number of hydrogen-bond acceptors (Lipinski definition) is 2. The summed E-state index contributed by atoms with van der Waals surface area (Å²) in [6.45, 7) is 2.15. The molecule has 2 rings (SSSR count). The topological polar surface area (TPSA) is 55.1 Å². The van der Waals surface area contributed by atoms with Gasteiger partial charge in [0, 0.05) is 6.04 Å². The van der Waals surface area contributed by atoms with Crippen molar-refractivity contribution in [2.45, 2.75) is 38.6 Å². The summed E-state index contributed by atoms with van der Waals surface area (Å²) in [5, 5.41) is 3.03. The minimum Gasteiger partial charge on any atom is -0.392 e. The number of carbonyl (C=O) groups excluding carboxylic acids is 1. The molecule has 2 aliphatic rings. The van der Waals surface area contributed by atoms with Crippen molar-refractivity contribution in [3.8, 4) is 0 Å². The van der Waals surface area contributed by atoms with E-state index in [-0.39, 0.29) is 5.91 Å². The van der Waals surface area contributed by atoms with Crippen LogP contribution in [-0.4, -0.2) is 16.9 Å². The van der Waals surface area contributed by atoms with Crippen LogP contribution in [0.3, 0.4) is 0 Å². The Morgan fingerprint density at radius 2 is 2.29 bits per heavy atom. The van der Waals surface area contributed by atoms with Gasteiger partial charge in [-0.3, -0.25) is 4.79 Å². The number of thiocarbonyl (C=S) groups is 1. The number of carbonyl (C=O) groups is 1. The van der Waals surface area contributed by atoms with Gasteiger partial charge in [0.25, 0.3) is 0 Å². The zero-order chi connectivity index (χ0) is 10.3. The normalized spacial score (nSPS) is 32.1. The summed E-state index contributed by atoms with van der Waals surface area (Å²) >= 11 is 4.92. The molecule has 0 aliphatic heterocycles. The van der Waals surface area contributed by atoms with Crippen molar-refractivity contribution in [3.63, 3.8) is 0 Å². The average Bonchev–Trinajstić information content (AvgIpc) is 2.99. The minimum absolute atomic E-state index is 0.0611. The van der Waals surface area contributed by atoms with Crippen LogP contribution in [0.1, 0.15) is 32.6 Å². The summed E-state index contributed by atoms with van der Waals surface area (Å²) in [5.41, 5.74) is 5.09. The van der Waals surface area contributed by atoms with Crippen LogP contribution in [0.15, 0.2) is 0 Å². The Morgan fingerprint density at radius 3 is 2.64 bits per heavy atom. The molecular weight excluding hydrogens is 196 g/mol. The highest BCUT2D eigenvalue weighted by Crippen LogP contribution is 2.47. The molecule has 4 heteroatoms. The van der Waals surface area contributed by atoms with Crippen LogP contribution < -0.4 is 11.1 Å². The fourth-order valence-corrected chi connectivity index (χ4v) is 2.19. The first-order valence-corrected chi connectivity index (χ1v) is 5.62. The quantitative estimate of drug-likeness (QED) is 0.683. The van der Waals surface area contributed by atoms with E-state index in [1.807, 2.05) is 0 Å². The number of amides is 1. The molecule has 0 aromatic heterocycles. The molecule has 2 atom stereocenters. The first kappa shape index (κ1) is 9.90. The molecule has 2 saturated carbocycles. The Labute approximate surface area is 89.4 Å². The standard InChI is InChI=1S/C10H16N2OS/c1-2-6-5-7(6)12-9(13)10(3-4-10)8(11)14/h6-7H,2-5H2,1H3,(H2,11,14)(H,12,13). The monoisotopic (exact) mass is 212 g/mol. The van der Waals surface area contributed by atoms with E-state index in [1.165, 1.54) is 0 Å². The third-order valence-electron chi connectivity index (χ3n) is 3.42. The van der Waals surface area contributed by atoms with Crippen molar-refractivity contribution in [2.75, 3.05) is 0 Å². The molecule has 2 aliphatic carbocycles. The van der Waals surface area contributed by atoms with Crippen LogP contribution >= 0.6 is 12.2 Å². The average molecular weight is 212 g/mol. The Bertz CT molecular complexity index is 286. The van der Waals surface area contributed by atoms with Crippen LogP contribution in [-0.2, 0) is 4.79 Å². The van der Waals surface area contributed by atoms with E-state index in [9.17, 15) is 4.79 Å². The fourth-order valence-electron chi connectivity index (χ4n) is 1.89. The van der Waals surface area contributed by atoms with Crippen molar-refractivity contribution >= 4 is 23.1 Å². The maximum atomic E-state index is 11.8. The predicted molar refractivity (Wildman–Crippen MR) is 58.8 cm³/mol. The zero-order valence-electron chi connectivity index (χ0n) is 8.38. The van der Waals surface area contributed by atoms with E-state index in [0.717, 1.165) is 25.7 Å². The van der Waals surface area contributed by atoms with E-state index in [1.54, 1.807) is 0 Å². The second-order valence-electron chi connectivity index (χ2n) is 4.43. The van der Waals surface area contributed by atoms with Crippen molar-refractivity contribution in [1.82, 2.24) is 5.32 Å². The van der Waals surface area contributed by atoms with Crippen LogP contribution in [0.5, 0.6) is 0 Å². The van der Waals surface area contributed by atoms with Gasteiger partial charge >= 0.3 is 0 Å². The lowest BCUT2D eigenvalue weighted by Crippen LogP contribution is -2.41. The summed E-state index contributed by atoms with van der Waals surface area (Å²) in [5.74, 6) is 0.743. The Balaban J connectivity index is 1.88. The Hall–Kier alpha value is -0.640. The largest absolute Gasteiger partial charge is 0.392 e. The molecule has 0 spiro atoms. The van der Waals surface area contributed by atoms with Crippen LogP contribution in [0.4, 0.5) is 0 Å². The van der Waals surface area contributed by atoms with Gasteiger partial charge in [-0.25, -0.2) is 0 Å². The molecule has 0 aromatic carbocycles. The first-order valence-electron chi connectivity index (χ1n) is 5.21. The summed E-state index contributed by atoms with van der Waals surface area (Å²) in [7, 11) is 0. The number of nitrogens with two attached hydrogens (primary N) is 1. The van der Waals surface area contributed by atoms with Gasteiger partial charge in [-0.05, 0) is 25.2 Å². The highest BCUT2D eigenvalue weighted by Gasteiger charge is 2.54. The second kappa shape index (κ2) is 3.19.